The number of ether oxygens (including phenoxy) is 1. The van der Waals surface area contributed by atoms with E-state index in [1.165, 1.54) is 30.3 Å². The minimum atomic E-state index is -0.517. The van der Waals surface area contributed by atoms with Crippen LogP contribution in [0.25, 0.3) is 0 Å². The average molecular weight is 382 g/mol. The lowest BCUT2D eigenvalue weighted by Gasteiger charge is -2.07. The zero-order valence-corrected chi connectivity index (χ0v) is 15.2. The predicted molar refractivity (Wildman–Crippen MR) is 102 cm³/mol. The Morgan fingerprint density at radius 1 is 1.04 bits per heavy atom. The molecule has 0 aliphatic carbocycles. The number of para-hydroxylation sites is 1. The van der Waals surface area contributed by atoms with Crippen LogP contribution < -0.4 is 15.4 Å². The minimum Gasteiger partial charge on any atom is -0.485 e. The number of aryl methyl sites for hydroxylation is 1. The van der Waals surface area contributed by atoms with Crippen molar-refractivity contribution in [1.29, 1.82) is 0 Å². The van der Waals surface area contributed by atoms with Crippen molar-refractivity contribution in [1.82, 2.24) is 5.32 Å². The van der Waals surface area contributed by atoms with Gasteiger partial charge in [-0.3, -0.25) is 9.59 Å². The summed E-state index contributed by atoms with van der Waals surface area (Å²) >= 11 is 0. The second-order valence-corrected chi connectivity index (χ2v) is 6.06. The maximum Gasteiger partial charge on any atom is 0.287 e. The van der Waals surface area contributed by atoms with Crippen molar-refractivity contribution < 1.29 is 23.1 Å². The monoisotopic (exact) mass is 382 g/mol. The van der Waals surface area contributed by atoms with Crippen molar-refractivity contribution in [3.8, 4) is 5.75 Å². The molecule has 2 aromatic carbocycles. The van der Waals surface area contributed by atoms with Crippen molar-refractivity contribution in [3.05, 3.63) is 83.6 Å². The summed E-state index contributed by atoms with van der Waals surface area (Å²) in [4.78, 5) is 24.0. The molecule has 0 atom stereocenters. The number of rotatable bonds is 7. The van der Waals surface area contributed by atoms with Gasteiger partial charge in [-0.05, 0) is 55.0 Å². The van der Waals surface area contributed by atoms with Gasteiger partial charge < -0.3 is 19.8 Å². The topological polar surface area (TPSA) is 80.6 Å². The fourth-order valence-corrected chi connectivity index (χ4v) is 2.43. The molecule has 0 aliphatic rings. The second kappa shape index (κ2) is 8.85. The summed E-state index contributed by atoms with van der Waals surface area (Å²) in [5.74, 6) is -0.0400. The maximum absolute atomic E-state index is 12.8. The van der Waals surface area contributed by atoms with E-state index >= 15 is 0 Å². The SMILES string of the molecule is Cc1ccccc1OCc1ccc(C(=O)NCC(=O)Nc2ccc(F)cc2)o1. The van der Waals surface area contributed by atoms with Gasteiger partial charge in [0.2, 0.25) is 5.91 Å². The van der Waals surface area contributed by atoms with Crippen molar-refractivity contribution in [2.75, 3.05) is 11.9 Å². The zero-order valence-electron chi connectivity index (χ0n) is 15.2. The molecule has 0 fully saturated rings. The number of carbonyl (C=O) groups excluding carboxylic acids is 2. The Kier molecular flexibility index (Phi) is 6.06. The molecular weight excluding hydrogens is 363 g/mol. The number of hydrogen-bond acceptors (Lipinski definition) is 4. The smallest absolute Gasteiger partial charge is 0.287 e. The van der Waals surface area contributed by atoms with Crippen LogP contribution in [0.1, 0.15) is 21.9 Å². The highest BCUT2D eigenvalue weighted by Crippen LogP contribution is 2.18. The molecule has 2 N–H and O–H groups in total. The van der Waals surface area contributed by atoms with Crippen LogP contribution in [0.4, 0.5) is 10.1 Å². The average Bonchev–Trinajstić information content (AvgIpc) is 3.16. The number of anilines is 1. The summed E-state index contributed by atoms with van der Waals surface area (Å²) in [6.07, 6.45) is 0. The zero-order chi connectivity index (χ0) is 19.9. The van der Waals surface area contributed by atoms with Gasteiger partial charge in [-0.15, -0.1) is 0 Å². The van der Waals surface area contributed by atoms with Gasteiger partial charge in [-0.25, -0.2) is 4.39 Å². The number of hydrogen-bond donors (Lipinski definition) is 2. The molecule has 0 radical (unpaired) electrons. The Labute approximate surface area is 161 Å². The van der Waals surface area contributed by atoms with Crippen LogP contribution >= 0.6 is 0 Å². The standard InChI is InChI=1S/C21H19FN2O4/c1-14-4-2-3-5-18(14)27-13-17-10-11-19(28-17)21(26)23-12-20(25)24-16-8-6-15(22)7-9-16/h2-11H,12-13H2,1H3,(H,23,26)(H,24,25). The molecule has 0 saturated carbocycles. The summed E-state index contributed by atoms with van der Waals surface area (Å²) in [5.41, 5.74) is 1.44. The van der Waals surface area contributed by atoms with Gasteiger partial charge in [0.05, 0.1) is 6.54 Å². The van der Waals surface area contributed by atoms with Gasteiger partial charge in [0, 0.05) is 5.69 Å². The lowest BCUT2D eigenvalue weighted by Crippen LogP contribution is -2.32. The van der Waals surface area contributed by atoms with E-state index in [4.69, 9.17) is 9.15 Å². The Morgan fingerprint density at radius 3 is 2.54 bits per heavy atom. The lowest BCUT2D eigenvalue weighted by atomic mass is 10.2. The fourth-order valence-electron chi connectivity index (χ4n) is 2.43. The summed E-state index contributed by atoms with van der Waals surface area (Å²) in [7, 11) is 0. The van der Waals surface area contributed by atoms with Crippen LogP contribution in [-0.4, -0.2) is 18.4 Å². The van der Waals surface area contributed by atoms with E-state index in [9.17, 15) is 14.0 Å². The van der Waals surface area contributed by atoms with Gasteiger partial charge in [0.25, 0.3) is 5.91 Å². The largest absolute Gasteiger partial charge is 0.485 e. The van der Waals surface area contributed by atoms with E-state index in [-0.39, 0.29) is 18.9 Å². The molecule has 0 aliphatic heterocycles. The van der Waals surface area contributed by atoms with Crippen molar-refractivity contribution in [3.63, 3.8) is 0 Å². The lowest BCUT2D eigenvalue weighted by molar-refractivity contribution is -0.115. The molecule has 3 aromatic rings. The molecule has 6 nitrogen and oxygen atoms in total. The molecular formula is C21H19FN2O4. The third-order valence-corrected chi connectivity index (χ3v) is 3.89. The molecule has 0 spiro atoms. The van der Waals surface area contributed by atoms with Crippen LogP contribution in [0.2, 0.25) is 0 Å². The van der Waals surface area contributed by atoms with Crippen LogP contribution in [-0.2, 0) is 11.4 Å². The highest BCUT2D eigenvalue weighted by Gasteiger charge is 2.13. The van der Waals surface area contributed by atoms with Crippen LogP contribution in [0.3, 0.4) is 0 Å². The molecule has 1 heterocycles. The van der Waals surface area contributed by atoms with Crippen LogP contribution in [0.5, 0.6) is 5.75 Å². The highest BCUT2D eigenvalue weighted by molar-refractivity contribution is 5.98. The molecule has 0 saturated heterocycles. The molecule has 1 aromatic heterocycles. The molecule has 0 unspecified atom stereocenters. The Hall–Kier alpha value is -3.61. The summed E-state index contributed by atoms with van der Waals surface area (Å²) in [6, 6.07) is 16.1. The van der Waals surface area contributed by atoms with Crippen LogP contribution in [0, 0.1) is 12.7 Å². The molecule has 3 rings (SSSR count). The van der Waals surface area contributed by atoms with Crippen molar-refractivity contribution in [2.45, 2.75) is 13.5 Å². The van der Waals surface area contributed by atoms with Gasteiger partial charge >= 0.3 is 0 Å². The first-order chi connectivity index (χ1) is 13.5. The number of carbonyl (C=O) groups is 2. The van der Waals surface area contributed by atoms with Crippen molar-refractivity contribution >= 4 is 17.5 Å². The first-order valence-electron chi connectivity index (χ1n) is 8.62. The molecule has 0 bridgehead atoms. The van der Waals surface area contributed by atoms with E-state index in [1.807, 2.05) is 31.2 Å². The summed E-state index contributed by atoms with van der Waals surface area (Å²) in [6.45, 7) is 1.88. The van der Waals surface area contributed by atoms with Gasteiger partial charge in [0.1, 0.15) is 23.9 Å². The van der Waals surface area contributed by atoms with E-state index in [2.05, 4.69) is 10.6 Å². The normalized spacial score (nSPS) is 10.4. The quantitative estimate of drug-likeness (QED) is 0.653. The Bertz CT molecular complexity index is 967. The number of amides is 2. The van der Waals surface area contributed by atoms with Gasteiger partial charge in [0.15, 0.2) is 5.76 Å². The predicted octanol–water partition coefficient (Wildman–Crippen LogP) is 3.67. The molecule has 144 valence electrons. The van der Waals surface area contributed by atoms with Crippen molar-refractivity contribution in [2.24, 2.45) is 0 Å². The third kappa shape index (κ3) is 5.20. The maximum atomic E-state index is 12.8. The van der Waals surface area contributed by atoms with Crippen LogP contribution in [0.15, 0.2) is 65.1 Å². The summed E-state index contributed by atoms with van der Waals surface area (Å²) in [5, 5.41) is 5.02. The Balaban J connectivity index is 1.47. The molecule has 2 amide bonds. The second-order valence-electron chi connectivity index (χ2n) is 6.06. The van der Waals surface area contributed by atoms with E-state index in [0.29, 0.717) is 11.4 Å². The third-order valence-electron chi connectivity index (χ3n) is 3.89. The van der Waals surface area contributed by atoms with E-state index in [0.717, 1.165) is 11.3 Å². The minimum absolute atomic E-state index is 0.0814. The fraction of sp³-hybridized carbons (Fsp3) is 0.143. The summed E-state index contributed by atoms with van der Waals surface area (Å²) < 4.78 is 24.0. The van der Waals surface area contributed by atoms with Gasteiger partial charge in [-0.1, -0.05) is 18.2 Å². The number of furan rings is 1. The number of nitrogens with one attached hydrogen (secondary N) is 2. The highest BCUT2D eigenvalue weighted by atomic mass is 19.1. The van der Waals surface area contributed by atoms with E-state index < -0.39 is 17.6 Å². The number of benzene rings is 2. The first kappa shape index (κ1) is 19.2. The Morgan fingerprint density at radius 2 is 1.79 bits per heavy atom. The molecule has 7 heteroatoms. The molecule has 28 heavy (non-hydrogen) atoms. The van der Waals surface area contributed by atoms with E-state index in [1.54, 1.807) is 6.07 Å². The number of halogens is 1. The first-order valence-corrected chi connectivity index (χ1v) is 8.62. The van der Waals surface area contributed by atoms with Gasteiger partial charge in [-0.2, -0.15) is 0 Å².